The molecule has 0 aliphatic heterocycles. The molecular weight excluding hydrogens is 306 g/mol. The molecule has 1 aliphatic rings. The molecule has 0 saturated heterocycles. The van der Waals surface area contributed by atoms with Crippen molar-refractivity contribution in [1.29, 1.82) is 0 Å². The summed E-state index contributed by atoms with van der Waals surface area (Å²) in [4.78, 5) is 14.2. The van der Waals surface area contributed by atoms with Crippen LogP contribution >= 0.6 is 0 Å². The van der Waals surface area contributed by atoms with Crippen molar-refractivity contribution in [3.63, 3.8) is 0 Å². The molecule has 0 fully saturated rings. The Kier molecular flexibility index (Phi) is 4.46. The van der Waals surface area contributed by atoms with Crippen LogP contribution in [0.1, 0.15) is 40.6 Å². The standard InChI is InChI=1S/C18H23N3O3/c1-11-15(12(2)24-20-11)10-21(3)18(22)19-16-9-8-14-13(16)6-5-7-17(14)23-4/h5-7,16H,8-10H2,1-4H3,(H,19,22). The summed E-state index contributed by atoms with van der Waals surface area (Å²) < 4.78 is 10.6. The van der Waals surface area contributed by atoms with E-state index in [1.165, 1.54) is 5.56 Å². The number of benzene rings is 1. The van der Waals surface area contributed by atoms with Crippen LogP contribution in [0.15, 0.2) is 22.7 Å². The number of carbonyl (C=O) groups is 1. The molecule has 0 bridgehead atoms. The molecule has 1 heterocycles. The van der Waals surface area contributed by atoms with Crippen LogP contribution in [0.25, 0.3) is 0 Å². The van der Waals surface area contributed by atoms with Crippen LogP contribution in [0.3, 0.4) is 0 Å². The molecular formula is C18H23N3O3. The Morgan fingerprint density at radius 1 is 1.46 bits per heavy atom. The number of hydrogen-bond donors (Lipinski definition) is 1. The van der Waals surface area contributed by atoms with E-state index in [0.717, 1.165) is 41.2 Å². The summed E-state index contributed by atoms with van der Waals surface area (Å²) in [5.74, 6) is 1.65. The SMILES string of the molecule is COc1cccc2c1CCC2NC(=O)N(C)Cc1c(C)noc1C. The predicted molar refractivity (Wildman–Crippen MR) is 90.0 cm³/mol. The minimum atomic E-state index is -0.101. The third kappa shape index (κ3) is 2.96. The van der Waals surface area contributed by atoms with Gasteiger partial charge in [-0.1, -0.05) is 17.3 Å². The van der Waals surface area contributed by atoms with Crippen LogP contribution in [0.5, 0.6) is 5.75 Å². The maximum Gasteiger partial charge on any atom is 0.317 e. The third-order valence-corrected chi connectivity index (χ3v) is 4.67. The smallest absolute Gasteiger partial charge is 0.317 e. The minimum absolute atomic E-state index is 0.0229. The molecule has 128 valence electrons. The lowest BCUT2D eigenvalue weighted by molar-refractivity contribution is 0.202. The Morgan fingerprint density at radius 2 is 2.25 bits per heavy atom. The highest BCUT2D eigenvalue weighted by Gasteiger charge is 2.27. The number of nitrogens with one attached hydrogen (secondary N) is 1. The number of aryl methyl sites for hydroxylation is 2. The van der Waals surface area contributed by atoms with E-state index in [-0.39, 0.29) is 12.1 Å². The van der Waals surface area contributed by atoms with Gasteiger partial charge < -0.3 is 19.5 Å². The Hall–Kier alpha value is -2.50. The second kappa shape index (κ2) is 6.55. The average Bonchev–Trinajstić information content (AvgIpc) is 3.12. The molecule has 2 aromatic rings. The molecule has 0 spiro atoms. The van der Waals surface area contributed by atoms with Crippen LogP contribution in [-0.2, 0) is 13.0 Å². The van der Waals surface area contributed by atoms with E-state index in [4.69, 9.17) is 9.26 Å². The van der Waals surface area contributed by atoms with Gasteiger partial charge in [0.05, 0.1) is 25.4 Å². The first-order valence-electron chi connectivity index (χ1n) is 8.10. The first-order valence-corrected chi connectivity index (χ1v) is 8.10. The van der Waals surface area contributed by atoms with Gasteiger partial charge in [0.1, 0.15) is 11.5 Å². The molecule has 1 aliphatic carbocycles. The summed E-state index contributed by atoms with van der Waals surface area (Å²) in [6.07, 6.45) is 1.80. The van der Waals surface area contributed by atoms with E-state index < -0.39 is 0 Å². The van der Waals surface area contributed by atoms with Crippen molar-refractivity contribution < 1.29 is 14.1 Å². The second-order valence-corrected chi connectivity index (χ2v) is 6.23. The van der Waals surface area contributed by atoms with E-state index in [1.807, 2.05) is 26.0 Å². The largest absolute Gasteiger partial charge is 0.496 e. The maximum absolute atomic E-state index is 12.5. The van der Waals surface area contributed by atoms with Crippen molar-refractivity contribution in [2.45, 2.75) is 39.3 Å². The van der Waals surface area contributed by atoms with Gasteiger partial charge in [-0.2, -0.15) is 0 Å². The number of ether oxygens (including phenoxy) is 1. The number of fused-ring (bicyclic) bond motifs is 1. The molecule has 1 N–H and O–H groups in total. The molecule has 0 radical (unpaired) electrons. The molecule has 1 atom stereocenters. The highest BCUT2D eigenvalue weighted by Crippen LogP contribution is 2.36. The van der Waals surface area contributed by atoms with Crippen molar-refractivity contribution in [3.8, 4) is 5.75 Å². The highest BCUT2D eigenvalue weighted by molar-refractivity contribution is 5.74. The fourth-order valence-electron chi connectivity index (χ4n) is 3.26. The number of carbonyl (C=O) groups excluding carboxylic acids is 1. The molecule has 1 aromatic heterocycles. The number of hydrogen-bond acceptors (Lipinski definition) is 4. The number of aromatic nitrogens is 1. The molecule has 3 rings (SSSR count). The van der Waals surface area contributed by atoms with Gasteiger partial charge in [0.15, 0.2) is 0 Å². The summed E-state index contributed by atoms with van der Waals surface area (Å²) in [7, 11) is 3.46. The van der Waals surface area contributed by atoms with Crippen molar-refractivity contribution in [3.05, 3.63) is 46.3 Å². The first kappa shape index (κ1) is 16.4. The van der Waals surface area contributed by atoms with Crippen LogP contribution in [-0.4, -0.2) is 30.2 Å². The highest BCUT2D eigenvalue weighted by atomic mass is 16.5. The normalized spacial score (nSPS) is 15.9. The zero-order valence-electron chi connectivity index (χ0n) is 14.5. The van der Waals surface area contributed by atoms with Gasteiger partial charge >= 0.3 is 6.03 Å². The van der Waals surface area contributed by atoms with Gasteiger partial charge in [-0.05, 0) is 43.9 Å². The van der Waals surface area contributed by atoms with Gasteiger partial charge in [0.2, 0.25) is 0 Å². The van der Waals surface area contributed by atoms with Crippen molar-refractivity contribution in [2.24, 2.45) is 0 Å². The molecule has 0 saturated carbocycles. The summed E-state index contributed by atoms with van der Waals surface area (Å²) >= 11 is 0. The summed E-state index contributed by atoms with van der Waals surface area (Å²) in [5, 5.41) is 7.05. The molecule has 1 aromatic carbocycles. The van der Waals surface area contributed by atoms with Gasteiger partial charge in [0.25, 0.3) is 0 Å². The Labute approximate surface area is 141 Å². The minimum Gasteiger partial charge on any atom is -0.496 e. The lowest BCUT2D eigenvalue weighted by Crippen LogP contribution is -2.38. The Balaban J connectivity index is 1.68. The van der Waals surface area contributed by atoms with E-state index >= 15 is 0 Å². The van der Waals surface area contributed by atoms with Crippen molar-refractivity contribution >= 4 is 6.03 Å². The molecule has 1 unspecified atom stereocenters. The van der Waals surface area contributed by atoms with Crippen molar-refractivity contribution in [2.75, 3.05) is 14.2 Å². The van der Waals surface area contributed by atoms with E-state index in [9.17, 15) is 4.79 Å². The lowest BCUT2D eigenvalue weighted by Gasteiger charge is -2.21. The number of rotatable bonds is 4. The average molecular weight is 329 g/mol. The second-order valence-electron chi connectivity index (χ2n) is 6.23. The summed E-state index contributed by atoms with van der Waals surface area (Å²) in [5.41, 5.74) is 4.12. The fraction of sp³-hybridized carbons (Fsp3) is 0.444. The summed E-state index contributed by atoms with van der Waals surface area (Å²) in [6.45, 7) is 4.22. The third-order valence-electron chi connectivity index (χ3n) is 4.67. The molecule has 6 nitrogen and oxygen atoms in total. The van der Waals surface area contributed by atoms with Crippen LogP contribution in [0.4, 0.5) is 4.79 Å². The van der Waals surface area contributed by atoms with Gasteiger partial charge in [-0.25, -0.2) is 4.79 Å². The lowest BCUT2D eigenvalue weighted by atomic mass is 10.1. The molecule has 24 heavy (non-hydrogen) atoms. The topological polar surface area (TPSA) is 67.6 Å². The quantitative estimate of drug-likeness (QED) is 0.936. The number of urea groups is 1. The Bertz CT molecular complexity index is 734. The van der Waals surface area contributed by atoms with Crippen LogP contribution < -0.4 is 10.1 Å². The van der Waals surface area contributed by atoms with Gasteiger partial charge in [0, 0.05) is 12.6 Å². The van der Waals surface area contributed by atoms with Crippen LogP contribution in [0.2, 0.25) is 0 Å². The molecule has 2 amide bonds. The van der Waals surface area contributed by atoms with Crippen molar-refractivity contribution in [1.82, 2.24) is 15.4 Å². The van der Waals surface area contributed by atoms with Gasteiger partial charge in [-0.3, -0.25) is 0 Å². The monoisotopic (exact) mass is 329 g/mol. The van der Waals surface area contributed by atoms with E-state index in [1.54, 1.807) is 19.1 Å². The first-order chi connectivity index (χ1) is 11.5. The van der Waals surface area contributed by atoms with Gasteiger partial charge in [-0.15, -0.1) is 0 Å². The van der Waals surface area contributed by atoms with Crippen LogP contribution in [0, 0.1) is 13.8 Å². The fourth-order valence-corrected chi connectivity index (χ4v) is 3.26. The number of nitrogens with zero attached hydrogens (tertiary/aromatic N) is 2. The van der Waals surface area contributed by atoms with E-state index in [2.05, 4.69) is 16.5 Å². The summed E-state index contributed by atoms with van der Waals surface area (Å²) in [6, 6.07) is 5.91. The zero-order valence-corrected chi connectivity index (χ0v) is 14.5. The number of methoxy groups -OCH3 is 1. The number of amides is 2. The maximum atomic E-state index is 12.5. The zero-order chi connectivity index (χ0) is 17.3. The molecule has 6 heteroatoms. The predicted octanol–water partition coefficient (Wildman–Crippen LogP) is 3.13. The Morgan fingerprint density at radius 3 is 2.92 bits per heavy atom. The van der Waals surface area contributed by atoms with E-state index in [0.29, 0.717) is 6.54 Å².